The van der Waals surface area contributed by atoms with Crippen LogP contribution in [-0.2, 0) is 7.05 Å². The molecular weight excluding hydrogens is 266 g/mol. The Morgan fingerprint density at radius 3 is 2.50 bits per heavy atom. The molecule has 4 heteroatoms. The molecule has 0 unspecified atom stereocenters. The Bertz CT molecular complexity index is 768. The second-order valence-corrected chi connectivity index (χ2v) is 5.90. The van der Waals surface area contributed by atoms with Gasteiger partial charge in [-0.15, -0.1) is 11.3 Å². The van der Waals surface area contributed by atoms with Crippen molar-refractivity contribution < 1.29 is 0 Å². The highest BCUT2D eigenvalue weighted by atomic mass is 32.1. The standard InChI is InChI=1S/C16H17N3S/c1-10-6-4-5-7-12(10)13-14(18-19(3)16(13)17)15-11(2)8-9-20-15/h4-9H,17H2,1-3H3. The smallest absolute Gasteiger partial charge is 0.129 e. The molecule has 2 N–H and O–H groups in total. The molecule has 0 bridgehead atoms. The van der Waals surface area contributed by atoms with E-state index in [0.29, 0.717) is 5.82 Å². The molecule has 3 rings (SSSR count). The van der Waals surface area contributed by atoms with Crippen molar-refractivity contribution in [3.8, 4) is 21.7 Å². The molecule has 0 saturated carbocycles. The van der Waals surface area contributed by atoms with Crippen molar-refractivity contribution in [2.24, 2.45) is 7.05 Å². The van der Waals surface area contributed by atoms with E-state index >= 15 is 0 Å². The maximum absolute atomic E-state index is 6.27. The van der Waals surface area contributed by atoms with Gasteiger partial charge in [-0.2, -0.15) is 5.10 Å². The summed E-state index contributed by atoms with van der Waals surface area (Å²) in [6.45, 7) is 4.21. The first-order chi connectivity index (χ1) is 9.59. The van der Waals surface area contributed by atoms with Crippen LogP contribution in [0.2, 0.25) is 0 Å². The molecule has 2 aromatic heterocycles. The van der Waals surface area contributed by atoms with Gasteiger partial charge < -0.3 is 5.73 Å². The predicted molar refractivity (Wildman–Crippen MR) is 85.8 cm³/mol. The van der Waals surface area contributed by atoms with Crippen molar-refractivity contribution in [1.29, 1.82) is 0 Å². The van der Waals surface area contributed by atoms with Gasteiger partial charge in [-0.25, -0.2) is 0 Å². The van der Waals surface area contributed by atoms with E-state index in [1.807, 2.05) is 19.2 Å². The van der Waals surface area contributed by atoms with Gasteiger partial charge in [0.15, 0.2) is 0 Å². The van der Waals surface area contributed by atoms with Gasteiger partial charge in [-0.3, -0.25) is 4.68 Å². The van der Waals surface area contributed by atoms with Crippen molar-refractivity contribution >= 4 is 17.2 Å². The molecule has 0 spiro atoms. The van der Waals surface area contributed by atoms with Gasteiger partial charge in [0.25, 0.3) is 0 Å². The second-order valence-electron chi connectivity index (χ2n) is 4.98. The maximum Gasteiger partial charge on any atom is 0.129 e. The molecule has 0 aliphatic rings. The highest BCUT2D eigenvalue weighted by molar-refractivity contribution is 7.13. The molecule has 0 aliphatic heterocycles. The minimum absolute atomic E-state index is 0.710. The molecule has 0 fully saturated rings. The lowest BCUT2D eigenvalue weighted by Crippen LogP contribution is -1.98. The lowest BCUT2D eigenvalue weighted by molar-refractivity contribution is 0.783. The Labute approximate surface area is 122 Å². The van der Waals surface area contributed by atoms with Crippen LogP contribution in [0.3, 0.4) is 0 Å². The molecular formula is C16H17N3S. The zero-order valence-electron chi connectivity index (χ0n) is 11.8. The van der Waals surface area contributed by atoms with Crippen LogP contribution in [0.4, 0.5) is 5.82 Å². The van der Waals surface area contributed by atoms with Gasteiger partial charge in [-0.1, -0.05) is 24.3 Å². The van der Waals surface area contributed by atoms with Crippen LogP contribution in [0.15, 0.2) is 35.7 Å². The van der Waals surface area contributed by atoms with E-state index in [0.717, 1.165) is 16.8 Å². The molecule has 0 aliphatic carbocycles. The van der Waals surface area contributed by atoms with Crippen molar-refractivity contribution in [1.82, 2.24) is 9.78 Å². The third-order valence-electron chi connectivity index (χ3n) is 3.58. The molecule has 0 saturated heterocycles. The van der Waals surface area contributed by atoms with Crippen molar-refractivity contribution in [2.45, 2.75) is 13.8 Å². The van der Waals surface area contributed by atoms with Crippen LogP contribution in [0.5, 0.6) is 0 Å². The highest BCUT2D eigenvalue weighted by Gasteiger charge is 2.20. The number of nitrogens with zero attached hydrogens (tertiary/aromatic N) is 2. The average molecular weight is 283 g/mol. The third kappa shape index (κ3) is 1.93. The number of aryl methyl sites for hydroxylation is 3. The van der Waals surface area contributed by atoms with Gasteiger partial charge in [0.05, 0.1) is 10.4 Å². The summed E-state index contributed by atoms with van der Waals surface area (Å²) in [6, 6.07) is 10.4. The lowest BCUT2D eigenvalue weighted by Gasteiger charge is -2.07. The lowest BCUT2D eigenvalue weighted by atomic mass is 9.99. The number of hydrogen-bond acceptors (Lipinski definition) is 3. The largest absolute Gasteiger partial charge is 0.383 e. The molecule has 20 heavy (non-hydrogen) atoms. The zero-order chi connectivity index (χ0) is 14.3. The number of nitrogen functional groups attached to an aromatic ring is 1. The van der Waals surface area contributed by atoms with Gasteiger partial charge in [0.2, 0.25) is 0 Å². The summed E-state index contributed by atoms with van der Waals surface area (Å²) in [7, 11) is 1.89. The van der Waals surface area contributed by atoms with Crippen LogP contribution in [0.25, 0.3) is 21.7 Å². The SMILES string of the molecule is Cc1ccccc1-c1c(-c2sccc2C)nn(C)c1N. The number of anilines is 1. The van der Waals surface area contributed by atoms with Crippen LogP contribution in [0, 0.1) is 13.8 Å². The Morgan fingerprint density at radius 2 is 1.85 bits per heavy atom. The summed E-state index contributed by atoms with van der Waals surface area (Å²) in [5.41, 5.74) is 11.9. The van der Waals surface area contributed by atoms with Gasteiger partial charge >= 0.3 is 0 Å². The number of hydrogen-bond donors (Lipinski definition) is 1. The zero-order valence-corrected chi connectivity index (χ0v) is 12.7. The van der Waals surface area contributed by atoms with Crippen LogP contribution < -0.4 is 5.73 Å². The number of nitrogens with two attached hydrogens (primary N) is 1. The summed E-state index contributed by atoms with van der Waals surface area (Å²) in [6.07, 6.45) is 0. The first kappa shape index (κ1) is 12.9. The maximum atomic E-state index is 6.27. The van der Waals surface area contributed by atoms with Crippen LogP contribution >= 0.6 is 11.3 Å². The fourth-order valence-electron chi connectivity index (χ4n) is 2.43. The Kier molecular flexibility index (Phi) is 3.10. The predicted octanol–water partition coefficient (Wildman–Crippen LogP) is 4.01. The quantitative estimate of drug-likeness (QED) is 0.772. The van der Waals surface area contributed by atoms with Gasteiger partial charge in [-0.05, 0) is 42.0 Å². The molecule has 0 atom stereocenters. The first-order valence-electron chi connectivity index (χ1n) is 6.52. The van der Waals surface area contributed by atoms with E-state index < -0.39 is 0 Å². The van der Waals surface area contributed by atoms with E-state index in [1.165, 1.54) is 16.0 Å². The molecule has 0 radical (unpaired) electrons. The van der Waals surface area contributed by atoms with Crippen molar-refractivity contribution in [2.75, 3.05) is 5.73 Å². The number of thiophene rings is 1. The summed E-state index contributed by atoms with van der Waals surface area (Å²) < 4.78 is 1.76. The van der Waals surface area contributed by atoms with E-state index in [2.05, 4.69) is 42.5 Å². The summed E-state index contributed by atoms with van der Waals surface area (Å²) in [5, 5.41) is 6.73. The summed E-state index contributed by atoms with van der Waals surface area (Å²) >= 11 is 1.71. The van der Waals surface area contributed by atoms with Gasteiger partial charge in [0.1, 0.15) is 11.5 Å². The first-order valence-corrected chi connectivity index (χ1v) is 7.40. The topological polar surface area (TPSA) is 43.8 Å². The molecule has 3 nitrogen and oxygen atoms in total. The second kappa shape index (κ2) is 4.80. The van der Waals surface area contributed by atoms with E-state index in [4.69, 9.17) is 5.73 Å². The molecule has 1 aromatic carbocycles. The number of aromatic nitrogens is 2. The fraction of sp³-hybridized carbons (Fsp3) is 0.188. The van der Waals surface area contributed by atoms with Crippen LogP contribution in [-0.4, -0.2) is 9.78 Å². The third-order valence-corrected chi connectivity index (χ3v) is 4.61. The Morgan fingerprint density at radius 1 is 1.10 bits per heavy atom. The average Bonchev–Trinajstić information content (AvgIpc) is 2.96. The fourth-order valence-corrected chi connectivity index (χ4v) is 3.35. The van der Waals surface area contributed by atoms with E-state index in [-0.39, 0.29) is 0 Å². The number of rotatable bonds is 2. The molecule has 102 valence electrons. The van der Waals surface area contributed by atoms with Gasteiger partial charge in [0, 0.05) is 7.05 Å². The molecule has 3 aromatic rings. The summed E-state index contributed by atoms with van der Waals surface area (Å²) in [5.74, 6) is 0.710. The van der Waals surface area contributed by atoms with E-state index in [1.54, 1.807) is 16.0 Å². The van der Waals surface area contributed by atoms with Crippen LogP contribution in [0.1, 0.15) is 11.1 Å². The monoisotopic (exact) mass is 283 g/mol. The summed E-state index contributed by atoms with van der Waals surface area (Å²) in [4.78, 5) is 1.19. The van der Waals surface area contributed by atoms with Crippen molar-refractivity contribution in [3.05, 3.63) is 46.8 Å². The molecule has 0 amide bonds. The molecule has 2 heterocycles. The Hall–Kier alpha value is -2.07. The minimum Gasteiger partial charge on any atom is -0.383 e. The normalized spacial score (nSPS) is 10.9. The number of benzene rings is 1. The Balaban J connectivity index is 2.31. The van der Waals surface area contributed by atoms with E-state index in [9.17, 15) is 0 Å². The minimum atomic E-state index is 0.710. The highest BCUT2D eigenvalue weighted by Crippen LogP contribution is 2.40. The van der Waals surface area contributed by atoms with Crippen molar-refractivity contribution in [3.63, 3.8) is 0 Å².